The van der Waals surface area contributed by atoms with Crippen LogP contribution in [0.4, 0.5) is 5.13 Å². The van der Waals surface area contributed by atoms with Crippen LogP contribution in [0.15, 0.2) is 0 Å². The van der Waals surface area contributed by atoms with E-state index in [1.54, 1.807) is 0 Å². The predicted molar refractivity (Wildman–Crippen MR) is 39.9 cm³/mol. The van der Waals surface area contributed by atoms with E-state index in [9.17, 15) is 0 Å². The normalized spacial score (nSPS) is 18.8. The average molecular weight is 156 g/mol. The van der Waals surface area contributed by atoms with Crippen molar-refractivity contribution >= 4 is 16.5 Å². The highest BCUT2D eigenvalue weighted by Gasteiger charge is 2.22. The van der Waals surface area contributed by atoms with Crippen molar-refractivity contribution in [2.24, 2.45) is 0 Å². The summed E-state index contributed by atoms with van der Waals surface area (Å²) in [5.74, 6) is 0.565. The van der Waals surface area contributed by atoms with Crippen molar-refractivity contribution in [3.8, 4) is 0 Å². The number of nitrogen functional groups attached to an aromatic ring is 1. The molecule has 5 heteroatoms. The first-order chi connectivity index (χ1) is 4.86. The quantitative estimate of drug-likeness (QED) is 0.591. The SMILES string of the molecule is Nc1nnc(C2CNC2)s1. The van der Waals surface area contributed by atoms with Crippen LogP contribution in [-0.2, 0) is 0 Å². The fourth-order valence-electron chi connectivity index (χ4n) is 0.875. The Morgan fingerprint density at radius 1 is 1.50 bits per heavy atom. The molecule has 0 saturated carbocycles. The van der Waals surface area contributed by atoms with Crippen LogP contribution < -0.4 is 11.1 Å². The lowest BCUT2D eigenvalue weighted by Crippen LogP contribution is -2.39. The Labute approximate surface area is 62.5 Å². The van der Waals surface area contributed by atoms with Crippen LogP contribution in [0, 0.1) is 0 Å². The molecule has 0 bridgehead atoms. The summed E-state index contributed by atoms with van der Waals surface area (Å²) >= 11 is 1.49. The number of hydrogen-bond donors (Lipinski definition) is 2. The van der Waals surface area contributed by atoms with Gasteiger partial charge < -0.3 is 11.1 Å². The molecule has 2 rings (SSSR count). The zero-order valence-corrected chi connectivity index (χ0v) is 6.19. The standard InChI is InChI=1S/C5H8N4S/c6-5-9-8-4(10-5)3-1-7-2-3/h3,7H,1-2H2,(H2,6,9). The summed E-state index contributed by atoms with van der Waals surface area (Å²) < 4.78 is 0. The van der Waals surface area contributed by atoms with Gasteiger partial charge in [0.15, 0.2) is 0 Å². The molecule has 1 aliphatic heterocycles. The van der Waals surface area contributed by atoms with Gasteiger partial charge in [0.05, 0.1) is 0 Å². The van der Waals surface area contributed by atoms with Crippen molar-refractivity contribution in [3.63, 3.8) is 0 Å². The van der Waals surface area contributed by atoms with Crippen molar-refractivity contribution in [1.82, 2.24) is 15.5 Å². The molecule has 1 aliphatic rings. The van der Waals surface area contributed by atoms with Gasteiger partial charge in [0.2, 0.25) is 5.13 Å². The Morgan fingerprint density at radius 2 is 2.30 bits per heavy atom. The Bertz CT molecular complexity index is 229. The topological polar surface area (TPSA) is 63.8 Å². The summed E-state index contributed by atoms with van der Waals surface area (Å²) in [5.41, 5.74) is 5.42. The monoisotopic (exact) mass is 156 g/mol. The van der Waals surface area contributed by atoms with Gasteiger partial charge in [-0.2, -0.15) is 0 Å². The summed E-state index contributed by atoms with van der Waals surface area (Å²) in [6, 6.07) is 0. The number of anilines is 1. The van der Waals surface area contributed by atoms with Gasteiger partial charge in [0.1, 0.15) is 5.01 Å². The zero-order valence-electron chi connectivity index (χ0n) is 5.37. The number of nitrogens with two attached hydrogens (primary N) is 1. The van der Waals surface area contributed by atoms with Crippen LogP contribution in [-0.4, -0.2) is 23.3 Å². The van der Waals surface area contributed by atoms with Gasteiger partial charge in [0, 0.05) is 19.0 Å². The molecule has 0 amide bonds. The smallest absolute Gasteiger partial charge is 0.203 e. The third kappa shape index (κ3) is 0.871. The molecule has 0 aliphatic carbocycles. The van der Waals surface area contributed by atoms with E-state index in [0.717, 1.165) is 18.1 Å². The Kier molecular flexibility index (Phi) is 1.32. The fraction of sp³-hybridized carbons (Fsp3) is 0.600. The molecule has 2 heterocycles. The molecule has 0 atom stereocenters. The van der Waals surface area contributed by atoms with Crippen LogP contribution in [0.5, 0.6) is 0 Å². The van der Waals surface area contributed by atoms with Crippen molar-refractivity contribution < 1.29 is 0 Å². The first-order valence-corrected chi connectivity index (χ1v) is 3.97. The van der Waals surface area contributed by atoms with E-state index in [1.165, 1.54) is 11.3 Å². The molecular weight excluding hydrogens is 148 g/mol. The summed E-state index contributed by atoms with van der Waals surface area (Å²) in [7, 11) is 0. The first-order valence-electron chi connectivity index (χ1n) is 3.16. The highest BCUT2D eigenvalue weighted by Crippen LogP contribution is 2.23. The Morgan fingerprint density at radius 3 is 2.70 bits per heavy atom. The second kappa shape index (κ2) is 2.17. The minimum Gasteiger partial charge on any atom is -0.374 e. The van der Waals surface area contributed by atoms with E-state index in [0.29, 0.717) is 11.0 Å². The van der Waals surface area contributed by atoms with Crippen molar-refractivity contribution in [1.29, 1.82) is 0 Å². The van der Waals surface area contributed by atoms with Crippen molar-refractivity contribution in [3.05, 3.63) is 5.01 Å². The lowest BCUT2D eigenvalue weighted by molar-refractivity contribution is 0.444. The third-order valence-electron chi connectivity index (χ3n) is 1.59. The van der Waals surface area contributed by atoms with Gasteiger partial charge in [0.25, 0.3) is 0 Å². The Balaban J connectivity index is 2.17. The minimum absolute atomic E-state index is 0.565. The molecule has 0 aromatic carbocycles. The highest BCUT2D eigenvalue weighted by molar-refractivity contribution is 7.15. The largest absolute Gasteiger partial charge is 0.374 e. The van der Waals surface area contributed by atoms with E-state index in [4.69, 9.17) is 5.73 Å². The van der Waals surface area contributed by atoms with Gasteiger partial charge >= 0.3 is 0 Å². The van der Waals surface area contributed by atoms with Gasteiger partial charge in [-0.25, -0.2) is 0 Å². The molecule has 3 N–H and O–H groups in total. The van der Waals surface area contributed by atoms with E-state index >= 15 is 0 Å². The number of nitrogens with zero attached hydrogens (tertiary/aromatic N) is 2. The van der Waals surface area contributed by atoms with Crippen LogP contribution in [0.25, 0.3) is 0 Å². The van der Waals surface area contributed by atoms with Crippen LogP contribution in [0.2, 0.25) is 0 Å². The fourth-order valence-corrected chi connectivity index (χ4v) is 1.59. The predicted octanol–water partition coefficient (Wildman–Crippen LogP) is -0.193. The zero-order chi connectivity index (χ0) is 6.97. The van der Waals surface area contributed by atoms with Gasteiger partial charge in [-0.3, -0.25) is 0 Å². The maximum atomic E-state index is 5.42. The minimum atomic E-state index is 0.565. The maximum Gasteiger partial charge on any atom is 0.203 e. The molecule has 0 radical (unpaired) electrons. The van der Waals surface area contributed by atoms with Crippen LogP contribution in [0.1, 0.15) is 10.9 Å². The molecule has 10 heavy (non-hydrogen) atoms. The van der Waals surface area contributed by atoms with Gasteiger partial charge in [-0.05, 0) is 0 Å². The number of hydrogen-bond acceptors (Lipinski definition) is 5. The average Bonchev–Trinajstić information content (AvgIpc) is 2.10. The van der Waals surface area contributed by atoms with E-state index in [2.05, 4.69) is 15.5 Å². The van der Waals surface area contributed by atoms with E-state index < -0.39 is 0 Å². The lowest BCUT2D eigenvalue weighted by atomic mass is 10.1. The molecule has 54 valence electrons. The number of nitrogens with one attached hydrogen (secondary N) is 1. The first kappa shape index (κ1) is 6.06. The summed E-state index contributed by atoms with van der Waals surface area (Å²) in [6.45, 7) is 2.04. The van der Waals surface area contributed by atoms with E-state index in [-0.39, 0.29) is 0 Å². The third-order valence-corrected chi connectivity index (χ3v) is 2.50. The molecule has 4 nitrogen and oxygen atoms in total. The molecule has 0 spiro atoms. The summed E-state index contributed by atoms with van der Waals surface area (Å²) in [4.78, 5) is 0. The molecule has 1 aromatic rings. The van der Waals surface area contributed by atoms with Crippen LogP contribution in [0.3, 0.4) is 0 Å². The number of rotatable bonds is 1. The molecular formula is C5H8N4S. The molecule has 1 saturated heterocycles. The highest BCUT2D eigenvalue weighted by atomic mass is 32.1. The lowest BCUT2D eigenvalue weighted by Gasteiger charge is -2.23. The number of aromatic nitrogens is 2. The summed E-state index contributed by atoms with van der Waals surface area (Å²) in [6.07, 6.45) is 0. The second-order valence-corrected chi connectivity index (χ2v) is 3.37. The van der Waals surface area contributed by atoms with Crippen molar-refractivity contribution in [2.45, 2.75) is 5.92 Å². The molecule has 1 aromatic heterocycles. The van der Waals surface area contributed by atoms with Crippen LogP contribution >= 0.6 is 11.3 Å². The molecule has 0 unspecified atom stereocenters. The van der Waals surface area contributed by atoms with Crippen molar-refractivity contribution in [2.75, 3.05) is 18.8 Å². The summed E-state index contributed by atoms with van der Waals surface area (Å²) in [5, 5.41) is 12.5. The van der Waals surface area contributed by atoms with Gasteiger partial charge in [-0.15, -0.1) is 10.2 Å². The maximum absolute atomic E-state index is 5.42. The van der Waals surface area contributed by atoms with E-state index in [1.807, 2.05) is 0 Å². The molecule has 1 fully saturated rings. The second-order valence-electron chi connectivity index (χ2n) is 2.33. The van der Waals surface area contributed by atoms with Gasteiger partial charge in [-0.1, -0.05) is 11.3 Å². The Hall–Kier alpha value is -0.680.